The van der Waals surface area contributed by atoms with Crippen LogP contribution in [0.25, 0.3) is 21.8 Å². The Morgan fingerprint density at radius 2 is 1.82 bits per heavy atom. The minimum atomic E-state index is -4.16. The first kappa shape index (κ1) is 26.9. The minimum absolute atomic E-state index is 0.0238. The Kier molecular flexibility index (Phi) is 9.69. The molecule has 0 aliphatic carbocycles. The van der Waals surface area contributed by atoms with Gasteiger partial charge in [-0.2, -0.15) is 13.0 Å². The van der Waals surface area contributed by atoms with Crippen LogP contribution in [0.1, 0.15) is 18.4 Å². The molecule has 0 aliphatic heterocycles. The summed E-state index contributed by atoms with van der Waals surface area (Å²) in [6.07, 6.45) is 1.05. The Labute approximate surface area is 198 Å². The number of hydrogen-bond acceptors (Lipinski definition) is 6. The molecule has 2 aromatic carbocycles. The van der Waals surface area contributed by atoms with Crippen LogP contribution >= 0.6 is 0 Å². The Balaban J connectivity index is 0.000000604. The number of aliphatic carboxylic acids is 1. The van der Waals surface area contributed by atoms with Crippen LogP contribution in [0.3, 0.4) is 0 Å². The highest BCUT2D eigenvalue weighted by Crippen LogP contribution is 2.21. The highest BCUT2D eigenvalue weighted by Gasteiger charge is 2.18. The Bertz CT molecular complexity index is 1280. The molecule has 184 valence electrons. The van der Waals surface area contributed by atoms with Crippen molar-refractivity contribution in [3.63, 3.8) is 0 Å². The SMILES string of the molecule is COS(=O)(=O)O.C[n+]1c2ccccc2cc2c(CNC(CCCN=C(N)N)C(=O)O)cccc21. The highest BCUT2D eigenvalue weighted by atomic mass is 32.3. The number of para-hydroxylation sites is 1. The second kappa shape index (κ2) is 12.2. The van der Waals surface area contributed by atoms with Gasteiger partial charge in [0, 0.05) is 30.6 Å². The van der Waals surface area contributed by atoms with E-state index in [0.29, 0.717) is 25.9 Å². The van der Waals surface area contributed by atoms with E-state index in [4.69, 9.17) is 16.0 Å². The Morgan fingerprint density at radius 1 is 1.18 bits per heavy atom. The maximum Gasteiger partial charge on any atom is 0.397 e. The van der Waals surface area contributed by atoms with Crippen molar-refractivity contribution in [2.24, 2.45) is 23.5 Å². The van der Waals surface area contributed by atoms with Crippen LogP contribution < -0.4 is 21.4 Å². The number of nitrogens with zero attached hydrogens (tertiary/aromatic N) is 2. The van der Waals surface area contributed by atoms with Gasteiger partial charge in [-0.1, -0.05) is 24.3 Å². The fraction of sp³-hybridized carbons (Fsp3) is 0.318. The van der Waals surface area contributed by atoms with E-state index in [2.05, 4.69) is 43.3 Å². The smallest absolute Gasteiger partial charge is 0.397 e. The van der Waals surface area contributed by atoms with Gasteiger partial charge in [-0.25, -0.2) is 0 Å². The number of fused-ring (bicyclic) bond motifs is 2. The molecule has 0 fully saturated rings. The first-order valence-corrected chi connectivity index (χ1v) is 11.7. The second-order valence-corrected chi connectivity index (χ2v) is 8.62. The Hall–Kier alpha value is -3.32. The third-order valence-corrected chi connectivity index (χ3v) is 5.55. The van der Waals surface area contributed by atoms with Gasteiger partial charge < -0.3 is 21.9 Å². The number of aryl methyl sites for hydroxylation is 1. The van der Waals surface area contributed by atoms with Gasteiger partial charge >= 0.3 is 16.4 Å². The molecule has 11 nitrogen and oxygen atoms in total. The van der Waals surface area contributed by atoms with Crippen LogP contribution in [0, 0.1) is 0 Å². The molecule has 0 saturated heterocycles. The summed E-state index contributed by atoms with van der Waals surface area (Å²) in [5.41, 5.74) is 13.9. The average molecular weight is 493 g/mol. The molecule has 1 unspecified atom stereocenters. The van der Waals surface area contributed by atoms with Crippen LogP contribution in [0.5, 0.6) is 0 Å². The molecular weight excluding hydrogens is 462 g/mol. The molecule has 0 saturated carbocycles. The quantitative estimate of drug-likeness (QED) is 0.0722. The number of benzene rings is 2. The fourth-order valence-corrected chi connectivity index (χ4v) is 3.46. The van der Waals surface area contributed by atoms with E-state index in [1.165, 1.54) is 0 Å². The van der Waals surface area contributed by atoms with Gasteiger partial charge in [-0.05, 0) is 30.5 Å². The number of aliphatic imine (C=N–C) groups is 1. The van der Waals surface area contributed by atoms with E-state index >= 15 is 0 Å². The van der Waals surface area contributed by atoms with E-state index in [-0.39, 0.29) is 5.96 Å². The van der Waals surface area contributed by atoms with Crippen molar-refractivity contribution >= 4 is 44.1 Å². The number of carbonyl (C=O) groups is 1. The third kappa shape index (κ3) is 7.92. The van der Waals surface area contributed by atoms with Crippen molar-refractivity contribution in [3.8, 4) is 0 Å². The average Bonchev–Trinajstić information content (AvgIpc) is 2.78. The lowest BCUT2D eigenvalue weighted by molar-refractivity contribution is -0.617. The van der Waals surface area contributed by atoms with E-state index in [1.807, 2.05) is 31.3 Å². The van der Waals surface area contributed by atoms with Crippen molar-refractivity contribution in [3.05, 3.63) is 54.1 Å². The zero-order chi connectivity index (χ0) is 25.3. The zero-order valence-electron chi connectivity index (χ0n) is 19.0. The number of pyridine rings is 1. The van der Waals surface area contributed by atoms with Crippen molar-refractivity contribution in [1.29, 1.82) is 0 Å². The third-order valence-electron chi connectivity index (χ3n) is 5.13. The molecule has 0 aliphatic rings. The largest absolute Gasteiger partial charge is 0.480 e. The molecule has 1 heterocycles. The summed E-state index contributed by atoms with van der Waals surface area (Å²) in [6.45, 7) is 0.888. The van der Waals surface area contributed by atoms with Crippen molar-refractivity contribution in [2.45, 2.75) is 25.4 Å². The molecule has 1 aromatic heterocycles. The van der Waals surface area contributed by atoms with E-state index in [9.17, 15) is 18.3 Å². The van der Waals surface area contributed by atoms with Gasteiger partial charge in [0.1, 0.15) is 13.1 Å². The van der Waals surface area contributed by atoms with Gasteiger partial charge in [0.25, 0.3) is 0 Å². The molecule has 3 aromatic rings. The van der Waals surface area contributed by atoms with Crippen molar-refractivity contribution in [1.82, 2.24) is 5.32 Å². The normalized spacial score (nSPS) is 12.1. The summed E-state index contributed by atoms with van der Waals surface area (Å²) in [7, 11) is -1.24. The van der Waals surface area contributed by atoms with Crippen molar-refractivity contribution < 1.29 is 31.6 Å². The first-order chi connectivity index (χ1) is 16.0. The predicted octanol–water partition coefficient (Wildman–Crippen LogP) is 0.850. The number of rotatable bonds is 9. The summed E-state index contributed by atoms with van der Waals surface area (Å²) in [5.74, 6) is -0.850. The summed E-state index contributed by atoms with van der Waals surface area (Å²) in [6, 6.07) is 15.8. The van der Waals surface area contributed by atoms with Gasteiger partial charge in [0.15, 0.2) is 5.96 Å². The summed E-state index contributed by atoms with van der Waals surface area (Å²) >= 11 is 0. The molecule has 0 spiro atoms. The zero-order valence-corrected chi connectivity index (χ0v) is 19.8. The lowest BCUT2D eigenvalue weighted by atomic mass is 10.0. The maximum atomic E-state index is 11.6. The van der Waals surface area contributed by atoms with Crippen LogP contribution in [0.2, 0.25) is 0 Å². The van der Waals surface area contributed by atoms with Crippen molar-refractivity contribution in [2.75, 3.05) is 13.7 Å². The van der Waals surface area contributed by atoms with E-state index < -0.39 is 22.4 Å². The lowest BCUT2D eigenvalue weighted by Gasteiger charge is -2.15. The Morgan fingerprint density at radius 3 is 2.44 bits per heavy atom. The highest BCUT2D eigenvalue weighted by molar-refractivity contribution is 7.80. The molecule has 0 amide bonds. The molecule has 12 heteroatoms. The van der Waals surface area contributed by atoms with Crippen LogP contribution in [-0.4, -0.2) is 49.7 Å². The summed E-state index contributed by atoms with van der Waals surface area (Å²) in [4.78, 5) is 15.5. The standard InChI is InChI=1S/C21H25N5O2.CH4O4S/c1-26-18-9-3-2-6-14(18)12-16-15(7-4-10-19(16)26)13-25-17(20(27)28)8-5-11-24-21(22)23;1-5-6(2,3)4/h2-4,6-7,9-10,12,17,25H,5,8,11,13H2,1H3,(H4-,22,23,24,27,28);1H3,(H,2,3,4)/p+1. The summed E-state index contributed by atoms with van der Waals surface area (Å²) < 4.78 is 31.9. The molecular formula is C22H30N5O6S+. The molecule has 3 rings (SSSR count). The van der Waals surface area contributed by atoms with Crippen LogP contribution in [-0.2, 0) is 33.0 Å². The molecule has 34 heavy (non-hydrogen) atoms. The molecule has 0 radical (unpaired) electrons. The maximum absolute atomic E-state index is 11.6. The van der Waals surface area contributed by atoms with Gasteiger partial charge in [0.2, 0.25) is 11.0 Å². The summed E-state index contributed by atoms with van der Waals surface area (Å²) in [5, 5.41) is 14.9. The van der Waals surface area contributed by atoms with Gasteiger partial charge in [-0.15, -0.1) is 0 Å². The molecule has 7 N–H and O–H groups in total. The number of aromatic nitrogens is 1. The number of guanidine groups is 1. The molecule has 0 bridgehead atoms. The number of carboxylic acid groups (broad SMARTS) is 1. The number of carboxylic acids is 1. The van der Waals surface area contributed by atoms with Crippen LogP contribution in [0.15, 0.2) is 53.5 Å². The second-order valence-electron chi connectivity index (χ2n) is 7.43. The van der Waals surface area contributed by atoms with Gasteiger partial charge in [-0.3, -0.25) is 18.5 Å². The van der Waals surface area contributed by atoms with E-state index in [1.54, 1.807) is 0 Å². The first-order valence-electron chi connectivity index (χ1n) is 10.4. The number of hydrogen-bond donors (Lipinski definition) is 5. The number of nitrogens with one attached hydrogen (secondary N) is 1. The topological polar surface area (TPSA) is 181 Å². The minimum Gasteiger partial charge on any atom is -0.480 e. The number of nitrogens with two attached hydrogens (primary N) is 2. The monoisotopic (exact) mass is 492 g/mol. The molecule has 1 atom stereocenters. The predicted molar refractivity (Wildman–Crippen MR) is 129 cm³/mol. The van der Waals surface area contributed by atoms with Crippen LogP contribution in [0.4, 0.5) is 0 Å². The van der Waals surface area contributed by atoms with Gasteiger partial charge in [0.05, 0.1) is 12.5 Å². The lowest BCUT2D eigenvalue weighted by Crippen LogP contribution is -2.36. The van der Waals surface area contributed by atoms with E-state index in [0.717, 1.165) is 34.5 Å². The fourth-order valence-electron chi connectivity index (χ4n) is 3.46.